The molecule has 4 heteroatoms. The van der Waals surface area contributed by atoms with Gasteiger partial charge in [0.05, 0.1) is 6.42 Å². The third-order valence-corrected chi connectivity index (χ3v) is 5.78. The first-order chi connectivity index (χ1) is 14.5. The molecule has 0 saturated heterocycles. The third kappa shape index (κ3) is 12.1. The van der Waals surface area contributed by atoms with E-state index in [4.69, 9.17) is 4.74 Å². The van der Waals surface area contributed by atoms with Crippen molar-refractivity contribution >= 4 is 5.97 Å². The predicted octanol–water partition coefficient (Wildman–Crippen LogP) is 7.30. The molecule has 4 nitrogen and oxygen atoms in total. The van der Waals surface area contributed by atoms with Crippen LogP contribution in [0.5, 0.6) is 11.5 Å². The minimum atomic E-state index is -0.256. The summed E-state index contributed by atoms with van der Waals surface area (Å²) in [6.45, 7) is 6.72. The number of hydrogen-bond acceptors (Lipinski definition) is 4. The van der Waals surface area contributed by atoms with Gasteiger partial charge >= 0.3 is 5.97 Å². The second-order valence-electron chi connectivity index (χ2n) is 8.86. The molecule has 2 N–H and O–H groups in total. The molecule has 0 aliphatic heterocycles. The number of ether oxygens (including phenoxy) is 1. The van der Waals surface area contributed by atoms with Crippen LogP contribution in [-0.2, 0) is 16.0 Å². The largest absolute Gasteiger partial charge is 0.504 e. The van der Waals surface area contributed by atoms with Crippen LogP contribution in [-0.4, -0.2) is 22.3 Å². The van der Waals surface area contributed by atoms with E-state index in [0.29, 0.717) is 11.5 Å². The highest BCUT2D eigenvalue weighted by atomic mass is 16.5. The molecular formula is C26H44O4. The van der Waals surface area contributed by atoms with E-state index in [2.05, 4.69) is 20.8 Å². The molecule has 0 fully saturated rings. The Morgan fingerprint density at radius 1 is 0.867 bits per heavy atom. The summed E-state index contributed by atoms with van der Waals surface area (Å²) >= 11 is 0. The van der Waals surface area contributed by atoms with Crippen molar-refractivity contribution in [3.63, 3.8) is 0 Å². The number of carbonyl (C=O) groups excluding carboxylic acids is 1. The Balaban J connectivity index is 2.50. The van der Waals surface area contributed by atoms with Crippen molar-refractivity contribution in [2.24, 2.45) is 5.92 Å². The molecule has 0 aliphatic rings. The molecule has 0 heterocycles. The van der Waals surface area contributed by atoms with Crippen molar-refractivity contribution in [1.82, 2.24) is 0 Å². The van der Waals surface area contributed by atoms with Crippen molar-refractivity contribution in [3.05, 3.63) is 23.8 Å². The number of benzene rings is 1. The Morgan fingerprint density at radius 2 is 1.47 bits per heavy atom. The second kappa shape index (κ2) is 16.0. The summed E-state index contributed by atoms with van der Waals surface area (Å²) < 4.78 is 5.86. The minimum Gasteiger partial charge on any atom is -0.504 e. The first-order valence-corrected chi connectivity index (χ1v) is 12.2. The summed E-state index contributed by atoms with van der Waals surface area (Å²) in [5.41, 5.74) is 0.654. The van der Waals surface area contributed by atoms with Crippen molar-refractivity contribution in [1.29, 1.82) is 0 Å². The number of aromatic hydroxyl groups is 2. The van der Waals surface area contributed by atoms with E-state index in [9.17, 15) is 15.0 Å². The molecule has 0 bridgehead atoms. The molecule has 0 saturated carbocycles. The molecule has 0 aliphatic carbocycles. The zero-order valence-corrected chi connectivity index (χ0v) is 19.5. The van der Waals surface area contributed by atoms with E-state index >= 15 is 0 Å². The number of esters is 1. The SMILES string of the molecule is CCCCCCCCCC(CC(C)CCCCC)OC(=O)Cc1ccc(O)c(O)c1. The molecule has 1 rings (SSSR count). The van der Waals surface area contributed by atoms with Crippen molar-refractivity contribution in [3.8, 4) is 11.5 Å². The van der Waals surface area contributed by atoms with Gasteiger partial charge in [0, 0.05) is 0 Å². The monoisotopic (exact) mass is 420 g/mol. The molecule has 0 radical (unpaired) electrons. The van der Waals surface area contributed by atoms with E-state index in [-0.39, 0.29) is 30.0 Å². The Hall–Kier alpha value is -1.71. The average Bonchev–Trinajstić information content (AvgIpc) is 2.70. The molecule has 2 unspecified atom stereocenters. The fraction of sp³-hybridized carbons (Fsp3) is 0.731. The molecule has 1 aromatic carbocycles. The number of hydrogen-bond donors (Lipinski definition) is 2. The van der Waals surface area contributed by atoms with Gasteiger partial charge in [0.1, 0.15) is 6.10 Å². The number of phenols is 2. The molecule has 0 amide bonds. The van der Waals surface area contributed by atoms with Gasteiger partial charge in [-0.1, -0.05) is 91.0 Å². The quantitative estimate of drug-likeness (QED) is 0.158. The van der Waals surface area contributed by atoms with Crippen LogP contribution in [0.2, 0.25) is 0 Å². The maximum atomic E-state index is 12.5. The number of unbranched alkanes of at least 4 members (excludes halogenated alkanes) is 8. The van der Waals surface area contributed by atoms with Gasteiger partial charge in [-0.15, -0.1) is 0 Å². The minimum absolute atomic E-state index is 0.0320. The molecule has 172 valence electrons. The van der Waals surface area contributed by atoms with Crippen LogP contribution < -0.4 is 0 Å². The fourth-order valence-electron chi connectivity index (χ4n) is 3.94. The van der Waals surface area contributed by atoms with E-state index < -0.39 is 0 Å². The van der Waals surface area contributed by atoms with Gasteiger partial charge in [0.25, 0.3) is 0 Å². The van der Waals surface area contributed by atoms with Gasteiger partial charge in [-0.25, -0.2) is 0 Å². The Kier molecular flexibility index (Phi) is 14.1. The summed E-state index contributed by atoms with van der Waals surface area (Å²) in [4.78, 5) is 12.5. The normalized spacial score (nSPS) is 13.2. The standard InChI is InChI=1S/C26H44O4/c1-4-6-8-9-10-11-13-15-23(18-21(3)14-12-7-5-2)30-26(29)20-22-16-17-24(27)25(28)19-22/h16-17,19,21,23,27-28H,4-15,18,20H2,1-3H3. The van der Waals surface area contributed by atoms with Crippen molar-refractivity contribution in [2.75, 3.05) is 0 Å². The topological polar surface area (TPSA) is 66.8 Å². The molecular weight excluding hydrogens is 376 g/mol. The van der Waals surface area contributed by atoms with E-state index in [1.54, 1.807) is 6.07 Å². The zero-order chi connectivity index (χ0) is 22.2. The number of phenolic OH excluding ortho intramolecular Hbond substituents is 2. The molecule has 1 aromatic rings. The summed E-state index contributed by atoms with van der Waals surface area (Å²) in [6.07, 6.45) is 15.6. The first kappa shape index (κ1) is 26.3. The van der Waals surface area contributed by atoms with Crippen LogP contribution >= 0.6 is 0 Å². The van der Waals surface area contributed by atoms with Crippen LogP contribution in [0.4, 0.5) is 0 Å². The van der Waals surface area contributed by atoms with Crippen LogP contribution in [0.25, 0.3) is 0 Å². The van der Waals surface area contributed by atoms with Crippen LogP contribution in [0.1, 0.15) is 110 Å². The van der Waals surface area contributed by atoms with Gasteiger partial charge < -0.3 is 14.9 Å². The van der Waals surface area contributed by atoms with Crippen molar-refractivity contribution < 1.29 is 19.7 Å². The fourth-order valence-corrected chi connectivity index (χ4v) is 3.94. The number of carbonyl (C=O) groups is 1. The summed E-state index contributed by atoms with van der Waals surface area (Å²) in [7, 11) is 0. The highest BCUT2D eigenvalue weighted by Crippen LogP contribution is 2.26. The van der Waals surface area contributed by atoms with Gasteiger partial charge in [-0.2, -0.15) is 0 Å². The van der Waals surface area contributed by atoms with Gasteiger partial charge in [0.2, 0.25) is 0 Å². The second-order valence-corrected chi connectivity index (χ2v) is 8.86. The van der Waals surface area contributed by atoms with Gasteiger partial charge in [-0.3, -0.25) is 4.79 Å². The predicted molar refractivity (Wildman–Crippen MR) is 124 cm³/mol. The Bertz CT molecular complexity index is 584. The van der Waals surface area contributed by atoms with Gasteiger partial charge in [-0.05, 0) is 42.9 Å². The lowest BCUT2D eigenvalue weighted by Crippen LogP contribution is -2.22. The lowest BCUT2D eigenvalue weighted by molar-refractivity contribution is -0.149. The Labute approximate surface area is 184 Å². The van der Waals surface area contributed by atoms with Crippen molar-refractivity contribution in [2.45, 2.75) is 117 Å². The molecule has 2 atom stereocenters. The average molecular weight is 421 g/mol. The van der Waals surface area contributed by atoms with Crippen LogP contribution in [0.15, 0.2) is 18.2 Å². The zero-order valence-electron chi connectivity index (χ0n) is 19.5. The smallest absolute Gasteiger partial charge is 0.310 e. The van der Waals surface area contributed by atoms with Gasteiger partial charge in [0.15, 0.2) is 11.5 Å². The molecule has 0 aromatic heterocycles. The maximum absolute atomic E-state index is 12.5. The lowest BCUT2D eigenvalue weighted by Gasteiger charge is -2.22. The van der Waals surface area contributed by atoms with E-state index in [1.165, 1.54) is 76.3 Å². The van der Waals surface area contributed by atoms with Crippen LogP contribution in [0, 0.1) is 5.92 Å². The first-order valence-electron chi connectivity index (χ1n) is 12.2. The number of rotatable bonds is 17. The summed E-state index contributed by atoms with van der Waals surface area (Å²) in [5, 5.41) is 19.1. The summed E-state index contributed by atoms with van der Waals surface area (Å²) in [6, 6.07) is 4.48. The van der Waals surface area contributed by atoms with Crippen LogP contribution in [0.3, 0.4) is 0 Å². The molecule has 30 heavy (non-hydrogen) atoms. The lowest BCUT2D eigenvalue weighted by atomic mass is 9.94. The summed E-state index contributed by atoms with van der Waals surface area (Å²) in [5.74, 6) is -0.0836. The maximum Gasteiger partial charge on any atom is 0.310 e. The van der Waals surface area contributed by atoms with E-state index in [1.807, 2.05) is 0 Å². The third-order valence-electron chi connectivity index (χ3n) is 5.78. The Morgan fingerprint density at radius 3 is 2.13 bits per heavy atom. The highest BCUT2D eigenvalue weighted by Gasteiger charge is 2.18. The van der Waals surface area contributed by atoms with E-state index in [0.717, 1.165) is 19.3 Å². The molecule has 0 spiro atoms. The highest BCUT2D eigenvalue weighted by molar-refractivity contribution is 5.73.